The molecular formula is C31H36F2N4O6S. The molecule has 0 unspecified atom stereocenters. The molecule has 236 valence electrons. The van der Waals surface area contributed by atoms with Gasteiger partial charge in [0, 0.05) is 29.3 Å². The van der Waals surface area contributed by atoms with Gasteiger partial charge in [-0.05, 0) is 93.7 Å². The Bertz CT molecular complexity index is 1420. The summed E-state index contributed by atoms with van der Waals surface area (Å²) < 4.78 is 40.9. The van der Waals surface area contributed by atoms with Crippen LogP contribution in [0, 0.1) is 18.8 Å². The highest BCUT2D eigenvalue weighted by molar-refractivity contribution is 7.98. The second-order valence-corrected chi connectivity index (χ2v) is 11.7. The third-order valence-electron chi connectivity index (χ3n) is 7.58. The Kier molecular flexibility index (Phi) is 11.5. The second kappa shape index (κ2) is 15.2. The van der Waals surface area contributed by atoms with Gasteiger partial charge in [-0.15, -0.1) is 0 Å². The van der Waals surface area contributed by atoms with Crippen molar-refractivity contribution in [2.45, 2.75) is 51.6 Å². The van der Waals surface area contributed by atoms with Gasteiger partial charge in [-0.1, -0.05) is 0 Å². The highest BCUT2D eigenvalue weighted by atomic mass is 32.2. The first-order valence-corrected chi connectivity index (χ1v) is 15.6. The Morgan fingerprint density at radius 1 is 1.07 bits per heavy atom. The number of halogens is 2. The molecule has 1 aliphatic rings. The summed E-state index contributed by atoms with van der Waals surface area (Å²) in [7, 11) is 0. The van der Waals surface area contributed by atoms with E-state index in [2.05, 4.69) is 20.3 Å². The lowest BCUT2D eigenvalue weighted by molar-refractivity contribution is -0.160. The van der Waals surface area contributed by atoms with E-state index >= 15 is 0 Å². The lowest BCUT2D eigenvalue weighted by atomic mass is 9.73. The highest BCUT2D eigenvalue weighted by Gasteiger charge is 2.39. The molecule has 13 heteroatoms. The Hall–Kier alpha value is -3.84. The van der Waals surface area contributed by atoms with Gasteiger partial charge in [0.1, 0.15) is 23.8 Å². The smallest absolute Gasteiger partial charge is 0.433 e. The largest absolute Gasteiger partial charge is 0.511 e. The molecule has 0 spiro atoms. The standard InChI is InChI=1S/C31H36F2N4O6S/c1-19-14-24(36-27(15-19)37-26-16-21(28(32)33)10-11-34-26)22-6-9-25(35-17-22)31(2,40)23-7-4-20(5-8-23)29(38)42-18-43-30(39)41-12-13-44-3/h6,9-11,14-17,20,23,28,40H,4-5,7-8,12-13,18H2,1-3H3,(H,34,36,37)/t20-,23-,31-/m1/s1. The minimum atomic E-state index is -2.61. The zero-order valence-corrected chi connectivity index (χ0v) is 25.6. The zero-order valence-electron chi connectivity index (χ0n) is 24.8. The Morgan fingerprint density at radius 2 is 1.84 bits per heavy atom. The summed E-state index contributed by atoms with van der Waals surface area (Å²) in [6.45, 7) is 3.34. The van der Waals surface area contributed by atoms with Crippen LogP contribution in [0.1, 0.15) is 55.9 Å². The molecule has 3 aromatic heterocycles. The Balaban J connectivity index is 1.33. The van der Waals surface area contributed by atoms with Crippen LogP contribution in [0.25, 0.3) is 11.3 Å². The van der Waals surface area contributed by atoms with Crippen LogP contribution in [0.4, 0.5) is 25.2 Å². The summed E-state index contributed by atoms with van der Waals surface area (Å²) in [6, 6.07) is 9.80. The molecule has 0 bridgehead atoms. The number of hydrogen-bond donors (Lipinski definition) is 2. The number of alkyl halides is 2. The van der Waals surface area contributed by atoms with E-state index < -0.39 is 30.9 Å². The third kappa shape index (κ3) is 8.85. The summed E-state index contributed by atoms with van der Waals surface area (Å²) in [5.41, 5.74) is 1.36. The topological polar surface area (TPSA) is 133 Å². The maximum Gasteiger partial charge on any atom is 0.511 e. The molecule has 3 aromatic rings. The molecular weight excluding hydrogens is 594 g/mol. The van der Waals surface area contributed by atoms with Crippen molar-refractivity contribution in [2.75, 3.05) is 30.7 Å². The van der Waals surface area contributed by atoms with Crippen molar-refractivity contribution < 1.29 is 37.7 Å². The molecule has 10 nitrogen and oxygen atoms in total. The predicted octanol–water partition coefficient (Wildman–Crippen LogP) is 6.56. The van der Waals surface area contributed by atoms with Crippen LogP contribution in [-0.4, -0.2) is 57.6 Å². The van der Waals surface area contributed by atoms with Gasteiger partial charge in [0.25, 0.3) is 6.43 Å². The van der Waals surface area contributed by atoms with Gasteiger partial charge in [0.2, 0.25) is 6.79 Å². The summed E-state index contributed by atoms with van der Waals surface area (Å²) in [5.74, 6) is 0.429. The van der Waals surface area contributed by atoms with Crippen molar-refractivity contribution in [3.63, 3.8) is 0 Å². The van der Waals surface area contributed by atoms with Crippen LogP contribution in [0.3, 0.4) is 0 Å². The molecule has 2 N–H and O–H groups in total. The van der Waals surface area contributed by atoms with Gasteiger partial charge in [-0.2, -0.15) is 11.8 Å². The van der Waals surface area contributed by atoms with E-state index in [0.717, 1.165) is 5.56 Å². The van der Waals surface area contributed by atoms with Crippen LogP contribution < -0.4 is 5.32 Å². The number of aliphatic hydroxyl groups is 1. The first kappa shape index (κ1) is 33.1. The number of anilines is 2. The monoisotopic (exact) mass is 630 g/mol. The second-order valence-electron chi connectivity index (χ2n) is 10.8. The molecule has 4 rings (SSSR count). The van der Waals surface area contributed by atoms with Crippen molar-refractivity contribution in [1.29, 1.82) is 0 Å². The van der Waals surface area contributed by atoms with Crippen LogP contribution in [0.2, 0.25) is 0 Å². The predicted molar refractivity (Wildman–Crippen MR) is 161 cm³/mol. The normalized spacial score (nSPS) is 17.9. The number of thioether (sulfide) groups is 1. The van der Waals surface area contributed by atoms with E-state index in [1.54, 1.807) is 25.3 Å². The van der Waals surface area contributed by atoms with Crippen LogP contribution in [0.5, 0.6) is 0 Å². The number of esters is 1. The molecule has 3 heterocycles. The number of carbonyl (C=O) groups is 2. The van der Waals surface area contributed by atoms with Crippen molar-refractivity contribution in [3.05, 3.63) is 65.6 Å². The average Bonchev–Trinajstić information content (AvgIpc) is 3.01. The van der Waals surface area contributed by atoms with Gasteiger partial charge in [-0.25, -0.2) is 23.5 Å². The van der Waals surface area contributed by atoms with Crippen molar-refractivity contribution >= 4 is 35.5 Å². The van der Waals surface area contributed by atoms with Crippen molar-refractivity contribution in [2.24, 2.45) is 11.8 Å². The van der Waals surface area contributed by atoms with Gasteiger partial charge < -0.3 is 24.6 Å². The van der Waals surface area contributed by atoms with E-state index in [1.807, 2.05) is 25.3 Å². The molecule has 0 amide bonds. The number of nitrogens with one attached hydrogen (secondary N) is 1. The third-order valence-corrected chi connectivity index (χ3v) is 8.16. The van der Waals surface area contributed by atoms with Crippen molar-refractivity contribution in [3.8, 4) is 11.3 Å². The van der Waals surface area contributed by atoms with E-state index in [9.17, 15) is 23.5 Å². The van der Waals surface area contributed by atoms with Gasteiger partial charge in [-0.3, -0.25) is 9.78 Å². The number of nitrogens with zero attached hydrogens (tertiary/aromatic N) is 3. The van der Waals surface area contributed by atoms with Gasteiger partial charge >= 0.3 is 12.1 Å². The zero-order chi connectivity index (χ0) is 31.7. The van der Waals surface area contributed by atoms with E-state index in [-0.39, 0.29) is 29.8 Å². The molecule has 1 aliphatic carbocycles. The van der Waals surface area contributed by atoms with E-state index in [0.29, 0.717) is 54.2 Å². The molecule has 1 atom stereocenters. The minimum Gasteiger partial charge on any atom is -0.433 e. The molecule has 1 fully saturated rings. The number of carbonyl (C=O) groups excluding carboxylic acids is 2. The summed E-state index contributed by atoms with van der Waals surface area (Å²) in [6.07, 6.45) is 3.58. The fourth-order valence-electron chi connectivity index (χ4n) is 5.11. The van der Waals surface area contributed by atoms with E-state index in [4.69, 9.17) is 14.2 Å². The molecule has 0 saturated heterocycles. The fourth-order valence-corrected chi connectivity index (χ4v) is 5.36. The summed E-state index contributed by atoms with van der Waals surface area (Å²) in [5, 5.41) is 14.5. The van der Waals surface area contributed by atoms with Crippen molar-refractivity contribution in [1.82, 2.24) is 15.0 Å². The maximum atomic E-state index is 13.1. The minimum absolute atomic E-state index is 0.128. The number of pyridine rings is 3. The fraction of sp³-hybridized carbons (Fsp3) is 0.452. The maximum absolute atomic E-state index is 13.1. The molecule has 1 saturated carbocycles. The quantitative estimate of drug-likeness (QED) is 0.128. The molecule has 0 aromatic carbocycles. The Labute approximate surface area is 258 Å². The van der Waals surface area contributed by atoms with Crippen LogP contribution in [-0.2, 0) is 24.6 Å². The van der Waals surface area contributed by atoms with E-state index in [1.165, 1.54) is 30.1 Å². The first-order chi connectivity index (χ1) is 21.1. The van der Waals surface area contributed by atoms with Gasteiger partial charge in [0.15, 0.2) is 0 Å². The summed E-state index contributed by atoms with van der Waals surface area (Å²) >= 11 is 1.53. The summed E-state index contributed by atoms with van der Waals surface area (Å²) in [4.78, 5) is 37.2. The number of hydrogen-bond acceptors (Lipinski definition) is 11. The number of aromatic nitrogens is 3. The van der Waals surface area contributed by atoms with Crippen LogP contribution >= 0.6 is 11.8 Å². The SMILES string of the molecule is CSCCOC(=O)OCOC(=O)[C@H]1CC[C@H]([C@@](C)(O)c2ccc(-c3cc(C)cc(Nc4cc(C(F)F)ccn4)n3)cn2)CC1. The molecule has 0 aliphatic heterocycles. The lowest BCUT2D eigenvalue weighted by Gasteiger charge is -2.37. The highest BCUT2D eigenvalue weighted by Crippen LogP contribution is 2.41. The van der Waals surface area contributed by atoms with Gasteiger partial charge in [0.05, 0.1) is 17.3 Å². The lowest BCUT2D eigenvalue weighted by Crippen LogP contribution is -2.37. The Morgan fingerprint density at radius 3 is 2.52 bits per heavy atom. The number of rotatable bonds is 12. The molecule has 0 radical (unpaired) electrons. The number of aryl methyl sites for hydroxylation is 1. The molecule has 44 heavy (non-hydrogen) atoms. The van der Waals surface area contributed by atoms with Crippen LogP contribution in [0.15, 0.2) is 48.8 Å². The number of ether oxygens (including phenoxy) is 3. The first-order valence-electron chi connectivity index (χ1n) is 14.2. The average molecular weight is 631 g/mol.